The number of aromatic nitrogens is 1. The lowest BCUT2D eigenvalue weighted by molar-refractivity contribution is -0.129. The highest BCUT2D eigenvalue weighted by atomic mass is 16.6. The van der Waals surface area contributed by atoms with Crippen molar-refractivity contribution in [1.29, 1.82) is 0 Å². The molecule has 0 fully saturated rings. The van der Waals surface area contributed by atoms with Gasteiger partial charge in [-0.15, -0.1) is 0 Å². The van der Waals surface area contributed by atoms with E-state index in [1.165, 1.54) is 13.3 Å². The van der Waals surface area contributed by atoms with Crippen molar-refractivity contribution < 1.29 is 14.7 Å². The SMILES string of the molecule is CO/N=C(/C(=O)O)c1cccnc1. The number of carboxylic acid groups (broad SMARTS) is 1. The van der Waals surface area contributed by atoms with Gasteiger partial charge in [-0.05, 0) is 12.1 Å². The van der Waals surface area contributed by atoms with E-state index in [2.05, 4.69) is 15.0 Å². The third-order valence-corrected chi connectivity index (χ3v) is 1.32. The number of oxime groups is 1. The Bertz CT molecular complexity index is 321. The van der Waals surface area contributed by atoms with Crippen LogP contribution in [0.3, 0.4) is 0 Å². The van der Waals surface area contributed by atoms with E-state index in [9.17, 15) is 4.79 Å². The van der Waals surface area contributed by atoms with Gasteiger partial charge in [0.05, 0.1) is 0 Å². The number of aliphatic carboxylic acids is 1. The highest BCUT2D eigenvalue weighted by Crippen LogP contribution is 1.99. The summed E-state index contributed by atoms with van der Waals surface area (Å²) >= 11 is 0. The summed E-state index contributed by atoms with van der Waals surface area (Å²) in [5.74, 6) is -1.14. The van der Waals surface area contributed by atoms with Gasteiger partial charge >= 0.3 is 5.97 Å². The Hall–Kier alpha value is -1.91. The maximum Gasteiger partial charge on any atom is 0.358 e. The van der Waals surface area contributed by atoms with E-state index in [-0.39, 0.29) is 5.71 Å². The Balaban J connectivity index is 3.03. The van der Waals surface area contributed by atoms with E-state index >= 15 is 0 Å². The van der Waals surface area contributed by atoms with Crippen LogP contribution in [0.25, 0.3) is 0 Å². The molecule has 0 aliphatic rings. The van der Waals surface area contributed by atoms with Crippen LogP contribution in [0.4, 0.5) is 0 Å². The molecule has 1 rings (SSSR count). The average Bonchev–Trinajstić information content (AvgIpc) is 2.15. The molecule has 68 valence electrons. The van der Waals surface area contributed by atoms with Crippen molar-refractivity contribution >= 4 is 11.7 Å². The normalized spacial score (nSPS) is 11.0. The Labute approximate surface area is 74.7 Å². The zero-order chi connectivity index (χ0) is 9.68. The van der Waals surface area contributed by atoms with Crippen molar-refractivity contribution in [3.63, 3.8) is 0 Å². The highest BCUT2D eigenvalue weighted by molar-refractivity contribution is 6.42. The molecule has 5 heteroatoms. The van der Waals surface area contributed by atoms with Crippen LogP contribution >= 0.6 is 0 Å². The Morgan fingerprint density at radius 2 is 2.46 bits per heavy atom. The number of hydrogen-bond acceptors (Lipinski definition) is 4. The molecule has 0 aliphatic carbocycles. The first-order chi connectivity index (χ1) is 6.25. The van der Waals surface area contributed by atoms with Crippen LogP contribution in [0.5, 0.6) is 0 Å². The van der Waals surface area contributed by atoms with Crippen molar-refractivity contribution in [1.82, 2.24) is 4.98 Å². The molecule has 0 saturated carbocycles. The number of nitrogens with zero attached hydrogens (tertiary/aromatic N) is 2. The molecule has 1 heterocycles. The number of hydrogen-bond donors (Lipinski definition) is 1. The third kappa shape index (κ3) is 2.26. The second-order valence-corrected chi connectivity index (χ2v) is 2.17. The number of rotatable bonds is 3. The van der Waals surface area contributed by atoms with Gasteiger partial charge in [0.15, 0.2) is 5.71 Å². The van der Waals surface area contributed by atoms with Gasteiger partial charge < -0.3 is 9.94 Å². The summed E-state index contributed by atoms with van der Waals surface area (Å²) in [6.45, 7) is 0. The van der Waals surface area contributed by atoms with Gasteiger partial charge in [0.1, 0.15) is 7.11 Å². The Morgan fingerprint density at radius 1 is 1.69 bits per heavy atom. The molecule has 0 radical (unpaired) electrons. The van der Waals surface area contributed by atoms with Gasteiger partial charge in [-0.25, -0.2) is 4.79 Å². The van der Waals surface area contributed by atoms with E-state index in [0.29, 0.717) is 5.56 Å². The number of carbonyl (C=O) groups is 1. The summed E-state index contributed by atoms with van der Waals surface area (Å²) in [5, 5.41) is 12.1. The average molecular weight is 180 g/mol. The maximum atomic E-state index is 10.7. The van der Waals surface area contributed by atoms with E-state index in [4.69, 9.17) is 5.11 Å². The van der Waals surface area contributed by atoms with Crippen molar-refractivity contribution in [3.05, 3.63) is 30.1 Å². The lowest BCUT2D eigenvalue weighted by Gasteiger charge is -1.98. The van der Waals surface area contributed by atoms with E-state index in [1.807, 2.05) is 0 Å². The van der Waals surface area contributed by atoms with E-state index < -0.39 is 5.97 Å². The summed E-state index contributed by atoms with van der Waals surface area (Å²) in [6.07, 6.45) is 2.96. The monoisotopic (exact) mass is 180 g/mol. The standard InChI is InChI=1S/C8H8N2O3/c1-13-10-7(8(11)12)6-3-2-4-9-5-6/h2-5H,1H3,(H,11,12)/b10-7+. The molecule has 5 nitrogen and oxygen atoms in total. The summed E-state index contributed by atoms with van der Waals surface area (Å²) in [6, 6.07) is 3.22. The predicted octanol–water partition coefficient (Wildman–Crippen LogP) is 0.517. The van der Waals surface area contributed by atoms with Crippen LogP contribution in [-0.4, -0.2) is 28.9 Å². The molecule has 1 N–H and O–H groups in total. The van der Waals surface area contributed by atoms with Gasteiger partial charge in [-0.1, -0.05) is 5.16 Å². The molecular weight excluding hydrogens is 172 g/mol. The second-order valence-electron chi connectivity index (χ2n) is 2.17. The van der Waals surface area contributed by atoms with Gasteiger partial charge in [0, 0.05) is 18.0 Å². The lowest BCUT2D eigenvalue weighted by Crippen LogP contribution is -2.14. The van der Waals surface area contributed by atoms with E-state index in [1.54, 1.807) is 18.3 Å². The van der Waals surface area contributed by atoms with Crippen molar-refractivity contribution in [2.45, 2.75) is 0 Å². The molecule has 0 bridgehead atoms. The third-order valence-electron chi connectivity index (χ3n) is 1.32. The smallest absolute Gasteiger partial charge is 0.358 e. The zero-order valence-corrected chi connectivity index (χ0v) is 6.97. The first-order valence-corrected chi connectivity index (χ1v) is 3.50. The minimum atomic E-state index is -1.14. The first kappa shape index (κ1) is 9.18. The maximum absolute atomic E-state index is 10.7. The van der Waals surface area contributed by atoms with Crippen molar-refractivity contribution in [3.8, 4) is 0 Å². The van der Waals surface area contributed by atoms with Gasteiger partial charge in [0.2, 0.25) is 0 Å². The summed E-state index contributed by atoms with van der Waals surface area (Å²) in [7, 11) is 1.29. The first-order valence-electron chi connectivity index (χ1n) is 3.50. The fourth-order valence-corrected chi connectivity index (χ4v) is 0.809. The Morgan fingerprint density at radius 3 is 2.92 bits per heavy atom. The van der Waals surface area contributed by atoms with Crippen molar-refractivity contribution in [2.24, 2.45) is 5.16 Å². The topological polar surface area (TPSA) is 71.8 Å². The minimum absolute atomic E-state index is 0.157. The molecule has 0 atom stereocenters. The Kier molecular flexibility index (Phi) is 2.97. The fourth-order valence-electron chi connectivity index (χ4n) is 0.809. The molecule has 0 aliphatic heterocycles. The molecule has 13 heavy (non-hydrogen) atoms. The summed E-state index contributed by atoms with van der Waals surface area (Å²) in [5.41, 5.74) is 0.257. The fraction of sp³-hybridized carbons (Fsp3) is 0.125. The van der Waals surface area contributed by atoms with Crippen molar-refractivity contribution in [2.75, 3.05) is 7.11 Å². The molecule has 0 aromatic carbocycles. The number of pyridine rings is 1. The summed E-state index contributed by atoms with van der Waals surface area (Å²) < 4.78 is 0. The second kappa shape index (κ2) is 4.20. The largest absolute Gasteiger partial charge is 0.476 e. The minimum Gasteiger partial charge on any atom is -0.476 e. The molecule has 0 spiro atoms. The molecule has 0 saturated heterocycles. The van der Waals surface area contributed by atoms with Gasteiger partial charge in [0.25, 0.3) is 0 Å². The van der Waals surface area contributed by atoms with E-state index in [0.717, 1.165) is 0 Å². The molecule has 1 aromatic heterocycles. The highest BCUT2D eigenvalue weighted by Gasteiger charge is 2.12. The van der Waals surface area contributed by atoms with Crippen LogP contribution in [0, 0.1) is 0 Å². The predicted molar refractivity (Wildman–Crippen MR) is 45.4 cm³/mol. The van der Waals surface area contributed by atoms with Gasteiger partial charge in [-0.3, -0.25) is 4.98 Å². The van der Waals surface area contributed by atoms with Crippen LogP contribution in [0.1, 0.15) is 5.56 Å². The van der Waals surface area contributed by atoms with Crippen LogP contribution in [0.15, 0.2) is 29.7 Å². The quantitative estimate of drug-likeness (QED) is 0.543. The molecular formula is C8H8N2O3. The molecule has 0 amide bonds. The lowest BCUT2D eigenvalue weighted by atomic mass is 10.2. The van der Waals surface area contributed by atoms with Crippen LogP contribution < -0.4 is 0 Å². The van der Waals surface area contributed by atoms with Crippen LogP contribution in [0.2, 0.25) is 0 Å². The number of carboxylic acids is 1. The molecule has 1 aromatic rings. The van der Waals surface area contributed by atoms with Gasteiger partial charge in [-0.2, -0.15) is 0 Å². The zero-order valence-electron chi connectivity index (χ0n) is 6.97. The molecule has 0 unspecified atom stereocenters. The summed E-state index contributed by atoms with van der Waals surface area (Å²) in [4.78, 5) is 18.8. The van der Waals surface area contributed by atoms with Crippen LogP contribution in [-0.2, 0) is 9.63 Å².